The minimum absolute atomic E-state index is 0.234. The van der Waals surface area contributed by atoms with E-state index in [9.17, 15) is 45.6 Å². The summed E-state index contributed by atoms with van der Waals surface area (Å²) >= 11 is 0. The maximum Gasteiger partial charge on any atom is 0.220 e. The van der Waals surface area contributed by atoms with Gasteiger partial charge in [0, 0.05) is 6.42 Å². The first kappa shape index (κ1) is 84.8. The van der Waals surface area contributed by atoms with Crippen molar-refractivity contribution in [3.05, 3.63) is 60.8 Å². The molecule has 0 aliphatic carbocycles. The molecule has 2 saturated heterocycles. The van der Waals surface area contributed by atoms with Crippen LogP contribution < -0.4 is 5.32 Å². The number of hydrogen-bond donors (Lipinski definition) is 9. The molecule has 2 fully saturated rings. The molecule has 2 rings (SSSR count). The van der Waals surface area contributed by atoms with E-state index in [-0.39, 0.29) is 18.9 Å². The zero-order chi connectivity index (χ0) is 65.9. The van der Waals surface area contributed by atoms with E-state index in [2.05, 4.69) is 67.8 Å². The fourth-order valence-corrected chi connectivity index (χ4v) is 12.5. The van der Waals surface area contributed by atoms with Gasteiger partial charge in [0.2, 0.25) is 5.91 Å². The van der Waals surface area contributed by atoms with Crippen molar-refractivity contribution in [3.63, 3.8) is 0 Å². The summed E-state index contributed by atoms with van der Waals surface area (Å²) in [4.78, 5) is 13.4. The number of amides is 1. The van der Waals surface area contributed by atoms with Gasteiger partial charge >= 0.3 is 0 Å². The summed E-state index contributed by atoms with van der Waals surface area (Å²) < 4.78 is 22.9. The zero-order valence-electron chi connectivity index (χ0n) is 58.1. The molecule has 9 N–H and O–H groups in total. The number of carbonyl (C=O) groups excluding carboxylic acids is 1. The molecule has 0 radical (unpaired) electrons. The Kier molecular flexibility index (Phi) is 57.1. The second kappa shape index (κ2) is 61.3. The van der Waals surface area contributed by atoms with Crippen LogP contribution in [0.1, 0.15) is 328 Å². The molecule has 2 heterocycles. The highest BCUT2D eigenvalue weighted by atomic mass is 16.7. The van der Waals surface area contributed by atoms with E-state index in [0.717, 1.165) is 64.2 Å². The van der Waals surface area contributed by atoms with E-state index in [1.165, 1.54) is 238 Å². The van der Waals surface area contributed by atoms with Crippen LogP contribution in [0.15, 0.2) is 60.8 Å². The largest absolute Gasteiger partial charge is 0.394 e. The lowest BCUT2D eigenvalue weighted by Crippen LogP contribution is -2.65. The molecule has 14 nitrogen and oxygen atoms in total. The van der Waals surface area contributed by atoms with Crippen LogP contribution in [0, 0.1) is 0 Å². The second-order valence-electron chi connectivity index (χ2n) is 26.8. The summed E-state index contributed by atoms with van der Waals surface area (Å²) in [5.74, 6) is -0.234. The van der Waals surface area contributed by atoms with Gasteiger partial charge in [-0.1, -0.05) is 325 Å². The minimum Gasteiger partial charge on any atom is -0.394 e. The first-order valence-electron chi connectivity index (χ1n) is 38.0. The average Bonchev–Trinajstić information content (AvgIpc) is 1.28. The number of carbonyl (C=O) groups is 1. The molecule has 1 amide bonds. The van der Waals surface area contributed by atoms with E-state index in [0.29, 0.717) is 6.42 Å². The molecule has 12 atom stereocenters. The topological polar surface area (TPSA) is 228 Å². The normalized spacial score (nSPS) is 23.1. The fraction of sp³-hybridized carbons (Fsp3) is 0.857. The second-order valence-corrected chi connectivity index (χ2v) is 26.8. The van der Waals surface area contributed by atoms with Crippen LogP contribution in [0.3, 0.4) is 0 Å². The van der Waals surface area contributed by atoms with Crippen molar-refractivity contribution in [3.8, 4) is 0 Å². The van der Waals surface area contributed by atoms with Crippen molar-refractivity contribution in [2.75, 3.05) is 19.8 Å². The van der Waals surface area contributed by atoms with Gasteiger partial charge in [0.05, 0.1) is 32.0 Å². The van der Waals surface area contributed by atoms with Crippen LogP contribution in [0.5, 0.6) is 0 Å². The number of hydrogen-bond acceptors (Lipinski definition) is 13. The summed E-state index contributed by atoms with van der Waals surface area (Å²) in [6.45, 7) is 2.74. The molecule has 0 bridgehead atoms. The third kappa shape index (κ3) is 44.9. The molecule has 91 heavy (non-hydrogen) atoms. The lowest BCUT2D eigenvalue weighted by molar-refractivity contribution is -0.359. The number of allylic oxidation sites excluding steroid dienone is 9. The van der Waals surface area contributed by atoms with Crippen LogP contribution in [0.25, 0.3) is 0 Å². The van der Waals surface area contributed by atoms with Crippen LogP contribution in [0.4, 0.5) is 0 Å². The standard InChI is InChI=1S/C77H141NO13/c1-3-5-7-9-11-13-15-17-19-21-23-25-27-29-30-31-32-33-34-35-36-37-39-41-43-45-47-49-51-53-55-57-59-61-69(82)78-65(64-88-76-74(87)72(85)75(68(63-80)90-76)91-77-73(86)71(84)70(83)67(62-79)89-77)66(81)60-58-56-54-52-50-48-46-44-42-40-38-28-26-24-22-20-18-16-14-12-10-8-6-4-2/h5,7,11,13,17,19,23,25,58,60,65-68,70-77,79-81,83-87H,3-4,6,8-10,12,14-16,18,20-22,24,26-57,59,61-64H2,1-2H3,(H,78,82)/b7-5-,13-11-,19-17-,25-23-,60-58+. The minimum atomic E-state index is -1.79. The van der Waals surface area contributed by atoms with Crippen LogP contribution >= 0.6 is 0 Å². The van der Waals surface area contributed by atoms with Crippen molar-refractivity contribution in [2.24, 2.45) is 0 Å². The maximum absolute atomic E-state index is 13.4. The predicted octanol–water partition coefficient (Wildman–Crippen LogP) is 16.4. The molecule has 0 saturated carbocycles. The lowest BCUT2D eigenvalue weighted by atomic mass is 9.97. The summed E-state index contributed by atoms with van der Waals surface area (Å²) in [7, 11) is 0. The molecule has 12 unspecified atom stereocenters. The van der Waals surface area contributed by atoms with Gasteiger partial charge in [-0.3, -0.25) is 4.79 Å². The van der Waals surface area contributed by atoms with Crippen molar-refractivity contribution >= 4 is 5.91 Å². The average molecular weight is 1290 g/mol. The Morgan fingerprint density at radius 3 is 1.16 bits per heavy atom. The Labute approximate surface area is 556 Å². The van der Waals surface area contributed by atoms with Crippen molar-refractivity contribution in [2.45, 2.75) is 402 Å². The number of nitrogens with one attached hydrogen (secondary N) is 1. The number of rotatable bonds is 63. The Bertz CT molecular complexity index is 1760. The first-order valence-corrected chi connectivity index (χ1v) is 38.0. The number of unbranched alkanes of at least 4 members (excludes halogenated alkanes) is 42. The fourth-order valence-electron chi connectivity index (χ4n) is 12.5. The molecular weight excluding hydrogens is 1150 g/mol. The number of aliphatic hydroxyl groups excluding tert-OH is 8. The van der Waals surface area contributed by atoms with Gasteiger partial charge in [-0.2, -0.15) is 0 Å². The van der Waals surface area contributed by atoms with E-state index in [1.54, 1.807) is 6.08 Å². The number of ether oxygens (including phenoxy) is 4. The summed E-state index contributed by atoms with van der Waals surface area (Å²) in [6.07, 6.45) is 65.7. The maximum atomic E-state index is 13.4. The SMILES string of the molecule is CC/C=C\C/C=C\C/C=C\C/C=C\CCCCCCCCCCCCCCCCCCCCCCC(=O)NC(COC1OC(CO)C(OC2OC(CO)C(O)C(O)C2O)C(O)C1O)C(O)/C=C/CCCCCCCCCCCCCCCCCCCCCCCC. The summed E-state index contributed by atoms with van der Waals surface area (Å²) in [5, 5.41) is 87.6. The first-order chi connectivity index (χ1) is 44.6. The highest BCUT2D eigenvalue weighted by molar-refractivity contribution is 5.76. The van der Waals surface area contributed by atoms with Gasteiger partial charge in [0.25, 0.3) is 0 Å². The zero-order valence-corrected chi connectivity index (χ0v) is 58.1. The van der Waals surface area contributed by atoms with Gasteiger partial charge < -0.3 is 65.1 Å². The Morgan fingerprint density at radius 2 is 0.758 bits per heavy atom. The highest BCUT2D eigenvalue weighted by Crippen LogP contribution is 2.30. The van der Waals surface area contributed by atoms with Gasteiger partial charge in [0.15, 0.2) is 12.6 Å². The van der Waals surface area contributed by atoms with Crippen molar-refractivity contribution in [1.82, 2.24) is 5.32 Å². The Morgan fingerprint density at radius 1 is 0.407 bits per heavy atom. The van der Waals surface area contributed by atoms with E-state index < -0.39 is 86.8 Å². The monoisotopic (exact) mass is 1290 g/mol. The smallest absolute Gasteiger partial charge is 0.220 e. The van der Waals surface area contributed by atoms with Gasteiger partial charge in [-0.15, -0.1) is 0 Å². The molecule has 0 spiro atoms. The van der Waals surface area contributed by atoms with Gasteiger partial charge in [-0.05, 0) is 57.8 Å². The molecule has 14 heteroatoms. The van der Waals surface area contributed by atoms with Gasteiger partial charge in [0.1, 0.15) is 48.8 Å². The number of aliphatic hydroxyl groups is 8. The summed E-state index contributed by atoms with van der Waals surface area (Å²) in [6, 6.07) is -0.916. The molecular formula is C77H141NO13. The molecule has 532 valence electrons. The van der Waals surface area contributed by atoms with Crippen LogP contribution in [0.2, 0.25) is 0 Å². The third-order valence-electron chi connectivity index (χ3n) is 18.5. The van der Waals surface area contributed by atoms with Crippen molar-refractivity contribution in [1.29, 1.82) is 0 Å². The molecule has 0 aromatic heterocycles. The molecule has 0 aromatic carbocycles. The van der Waals surface area contributed by atoms with E-state index in [1.807, 2.05) is 6.08 Å². The van der Waals surface area contributed by atoms with E-state index in [4.69, 9.17) is 18.9 Å². The molecule has 2 aliphatic heterocycles. The molecule has 0 aromatic rings. The van der Waals surface area contributed by atoms with Gasteiger partial charge in [-0.25, -0.2) is 0 Å². The summed E-state index contributed by atoms with van der Waals surface area (Å²) in [5.41, 5.74) is 0. The van der Waals surface area contributed by atoms with Crippen molar-refractivity contribution < 1.29 is 64.6 Å². The Balaban J connectivity index is 1.63. The third-order valence-corrected chi connectivity index (χ3v) is 18.5. The van der Waals surface area contributed by atoms with E-state index >= 15 is 0 Å². The molecule has 2 aliphatic rings. The van der Waals surface area contributed by atoms with Crippen LogP contribution in [-0.4, -0.2) is 140 Å². The lowest BCUT2D eigenvalue weighted by Gasteiger charge is -2.46. The highest BCUT2D eigenvalue weighted by Gasteiger charge is 2.51. The Hall–Kier alpha value is -2.31. The van der Waals surface area contributed by atoms with Crippen LogP contribution in [-0.2, 0) is 23.7 Å². The quantitative estimate of drug-likeness (QED) is 0.0204. The predicted molar refractivity (Wildman–Crippen MR) is 374 cm³/mol.